The highest BCUT2D eigenvalue weighted by atomic mass is 19.1. The van der Waals surface area contributed by atoms with E-state index in [4.69, 9.17) is 0 Å². The maximum Gasteiger partial charge on any atom is 0.260 e. The second kappa shape index (κ2) is 4.53. The summed E-state index contributed by atoms with van der Waals surface area (Å²) < 4.78 is 13.1. The van der Waals surface area contributed by atoms with E-state index in [0.717, 1.165) is 0 Å². The van der Waals surface area contributed by atoms with Gasteiger partial charge in [-0.05, 0) is 30.3 Å². The number of nitrogens with zero attached hydrogens (tertiary/aromatic N) is 1. The first kappa shape index (κ1) is 11.4. The number of H-pyrrole nitrogens is 1. The van der Waals surface area contributed by atoms with Crippen LogP contribution in [-0.4, -0.2) is 9.97 Å². The number of nitrogens with one attached hydrogen (secondary N) is 2. The Bertz CT molecular complexity index is 798. The third kappa shape index (κ3) is 2.30. The summed E-state index contributed by atoms with van der Waals surface area (Å²) in [6, 6.07) is 13.0. The van der Waals surface area contributed by atoms with Crippen LogP contribution in [0.5, 0.6) is 0 Å². The highest BCUT2D eigenvalue weighted by Gasteiger charge is 2.03. The van der Waals surface area contributed by atoms with Crippen LogP contribution >= 0.6 is 0 Å². The van der Waals surface area contributed by atoms with Gasteiger partial charge < -0.3 is 5.32 Å². The van der Waals surface area contributed by atoms with E-state index in [1.807, 2.05) is 0 Å². The molecule has 2 aromatic carbocycles. The van der Waals surface area contributed by atoms with Crippen LogP contribution in [0.4, 0.5) is 16.0 Å². The largest absolute Gasteiger partial charge is 0.326 e. The summed E-state index contributed by atoms with van der Waals surface area (Å²) in [6.45, 7) is 0. The Morgan fingerprint density at radius 2 is 1.95 bits per heavy atom. The Balaban J connectivity index is 2.04. The SMILES string of the molecule is O=c1[nH]c(Nc2cccc(F)c2)nc2ccccc12. The number of benzene rings is 2. The van der Waals surface area contributed by atoms with Crippen molar-refractivity contribution in [2.45, 2.75) is 0 Å². The Morgan fingerprint density at radius 3 is 2.79 bits per heavy atom. The molecule has 0 amide bonds. The van der Waals surface area contributed by atoms with Gasteiger partial charge in [0.05, 0.1) is 10.9 Å². The summed E-state index contributed by atoms with van der Waals surface area (Å²) in [5, 5.41) is 3.39. The van der Waals surface area contributed by atoms with Gasteiger partial charge in [-0.15, -0.1) is 0 Å². The van der Waals surface area contributed by atoms with Gasteiger partial charge in [0.2, 0.25) is 5.95 Å². The van der Waals surface area contributed by atoms with Crippen LogP contribution < -0.4 is 10.9 Å². The molecule has 19 heavy (non-hydrogen) atoms. The molecule has 0 aliphatic rings. The molecule has 94 valence electrons. The van der Waals surface area contributed by atoms with Gasteiger partial charge in [-0.2, -0.15) is 0 Å². The van der Waals surface area contributed by atoms with Gasteiger partial charge in [0.15, 0.2) is 0 Å². The van der Waals surface area contributed by atoms with Crippen LogP contribution in [0, 0.1) is 5.82 Å². The van der Waals surface area contributed by atoms with Gasteiger partial charge in [0, 0.05) is 5.69 Å². The molecule has 0 bridgehead atoms. The summed E-state index contributed by atoms with van der Waals surface area (Å²) in [6.07, 6.45) is 0. The van der Waals surface area contributed by atoms with Gasteiger partial charge in [0.1, 0.15) is 5.82 Å². The van der Waals surface area contributed by atoms with Crippen molar-refractivity contribution in [2.24, 2.45) is 0 Å². The summed E-state index contributed by atoms with van der Waals surface area (Å²) >= 11 is 0. The number of para-hydroxylation sites is 1. The molecule has 0 radical (unpaired) electrons. The van der Waals surface area contributed by atoms with Gasteiger partial charge in [-0.3, -0.25) is 9.78 Å². The molecule has 1 heterocycles. The van der Waals surface area contributed by atoms with E-state index in [1.165, 1.54) is 12.1 Å². The molecule has 1 aromatic heterocycles. The van der Waals surface area contributed by atoms with E-state index >= 15 is 0 Å². The van der Waals surface area contributed by atoms with Crippen molar-refractivity contribution in [3.8, 4) is 0 Å². The van der Waals surface area contributed by atoms with E-state index in [-0.39, 0.29) is 17.3 Å². The number of hydrogen-bond acceptors (Lipinski definition) is 3. The van der Waals surface area contributed by atoms with Crippen LogP contribution in [0.15, 0.2) is 53.3 Å². The molecule has 0 spiro atoms. The van der Waals surface area contributed by atoms with Crippen LogP contribution in [-0.2, 0) is 0 Å². The maximum atomic E-state index is 13.1. The van der Waals surface area contributed by atoms with Gasteiger partial charge >= 0.3 is 0 Å². The van der Waals surface area contributed by atoms with Crippen molar-refractivity contribution in [3.05, 3.63) is 64.7 Å². The van der Waals surface area contributed by atoms with E-state index in [1.54, 1.807) is 36.4 Å². The first-order valence-electron chi connectivity index (χ1n) is 5.74. The third-order valence-corrected chi connectivity index (χ3v) is 2.70. The smallest absolute Gasteiger partial charge is 0.260 e. The fourth-order valence-electron chi connectivity index (χ4n) is 1.85. The first-order valence-corrected chi connectivity index (χ1v) is 5.74. The van der Waals surface area contributed by atoms with Crippen LogP contribution in [0.25, 0.3) is 10.9 Å². The van der Waals surface area contributed by atoms with Crippen molar-refractivity contribution in [1.82, 2.24) is 9.97 Å². The molecular formula is C14H10FN3O. The molecule has 4 nitrogen and oxygen atoms in total. The summed E-state index contributed by atoms with van der Waals surface area (Å²) in [4.78, 5) is 18.7. The lowest BCUT2D eigenvalue weighted by atomic mass is 10.2. The molecule has 0 saturated heterocycles. The minimum Gasteiger partial charge on any atom is -0.326 e. The number of hydrogen-bond donors (Lipinski definition) is 2. The van der Waals surface area contributed by atoms with Crippen molar-refractivity contribution < 1.29 is 4.39 Å². The molecule has 2 N–H and O–H groups in total. The monoisotopic (exact) mass is 255 g/mol. The lowest BCUT2D eigenvalue weighted by molar-refractivity contribution is 0.628. The van der Waals surface area contributed by atoms with E-state index < -0.39 is 0 Å². The Hall–Kier alpha value is -2.69. The number of aromatic amines is 1. The highest BCUT2D eigenvalue weighted by Crippen LogP contribution is 2.15. The molecule has 3 rings (SSSR count). The van der Waals surface area contributed by atoms with Gasteiger partial charge in [0.25, 0.3) is 5.56 Å². The number of anilines is 2. The average molecular weight is 255 g/mol. The van der Waals surface area contributed by atoms with E-state index in [9.17, 15) is 9.18 Å². The summed E-state index contributed by atoms with van der Waals surface area (Å²) in [5.74, 6) is -0.0672. The first-order chi connectivity index (χ1) is 9.22. The predicted octanol–water partition coefficient (Wildman–Crippen LogP) is 2.81. The van der Waals surface area contributed by atoms with Crippen molar-refractivity contribution in [2.75, 3.05) is 5.32 Å². The second-order valence-electron chi connectivity index (χ2n) is 4.07. The van der Waals surface area contributed by atoms with E-state index in [0.29, 0.717) is 16.6 Å². The predicted molar refractivity (Wildman–Crippen MR) is 72.0 cm³/mol. The summed E-state index contributed by atoms with van der Waals surface area (Å²) in [5.41, 5.74) is 0.882. The van der Waals surface area contributed by atoms with Crippen molar-refractivity contribution in [1.29, 1.82) is 0 Å². The second-order valence-corrected chi connectivity index (χ2v) is 4.07. The standard InChI is InChI=1S/C14H10FN3O/c15-9-4-3-5-10(8-9)16-14-17-12-7-2-1-6-11(12)13(19)18-14/h1-8H,(H2,16,17,18,19). The highest BCUT2D eigenvalue weighted by molar-refractivity contribution is 5.78. The fraction of sp³-hybridized carbons (Fsp3) is 0. The minimum atomic E-state index is -0.354. The zero-order valence-electron chi connectivity index (χ0n) is 9.85. The topological polar surface area (TPSA) is 57.8 Å². The Kier molecular flexibility index (Phi) is 2.72. The molecule has 0 aliphatic heterocycles. The van der Waals surface area contributed by atoms with Gasteiger partial charge in [-0.25, -0.2) is 9.37 Å². The minimum absolute atomic E-state index is 0.232. The molecule has 5 heteroatoms. The quantitative estimate of drug-likeness (QED) is 0.740. The zero-order chi connectivity index (χ0) is 13.2. The molecule has 0 aliphatic carbocycles. The lowest BCUT2D eigenvalue weighted by Crippen LogP contribution is -2.11. The van der Waals surface area contributed by atoms with Gasteiger partial charge in [-0.1, -0.05) is 18.2 Å². The molecule has 0 atom stereocenters. The molecule has 3 aromatic rings. The number of fused-ring (bicyclic) bond motifs is 1. The van der Waals surface area contributed by atoms with Crippen LogP contribution in [0.1, 0.15) is 0 Å². The summed E-state index contributed by atoms with van der Waals surface area (Å²) in [7, 11) is 0. The van der Waals surface area contributed by atoms with Crippen LogP contribution in [0.2, 0.25) is 0 Å². The number of aromatic nitrogens is 2. The molecule has 0 unspecified atom stereocenters. The van der Waals surface area contributed by atoms with Crippen molar-refractivity contribution in [3.63, 3.8) is 0 Å². The fourth-order valence-corrected chi connectivity index (χ4v) is 1.85. The normalized spacial score (nSPS) is 10.6. The number of rotatable bonds is 2. The van der Waals surface area contributed by atoms with Crippen molar-refractivity contribution >= 4 is 22.5 Å². The maximum absolute atomic E-state index is 13.1. The third-order valence-electron chi connectivity index (χ3n) is 2.70. The van der Waals surface area contributed by atoms with Crippen LogP contribution in [0.3, 0.4) is 0 Å². The molecule has 0 fully saturated rings. The lowest BCUT2D eigenvalue weighted by Gasteiger charge is -2.06. The average Bonchev–Trinajstić information content (AvgIpc) is 2.39. The molecule has 0 saturated carbocycles. The Labute approximate surface area is 107 Å². The number of halogens is 1. The molecular weight excluding hydrogens is 245 g/mol. The zero-order valence-corrected chi connectivity index (χ0v) is 9.85. The van der Waals surface area contributed by atoms with E-state index in [2.05, 4.69) is 15.3 Å². The Morgan fingerprint density at radius 1 is 1.11 bits per heavy atom.